The zero-order valence-electron chi connectivity index (χ0n) is 11.2. The zero-order chi connectivity index (χ0) is 14.8. The standard InChI is InChI=1S/C13H17FO5/c1-13(2,14)8-5-7(10(15)12(16)17)6-9(18-3)11(8)19-4/h5-6,10,15H,1-4H3,(H,16,17). The summed E-state index contributed by atoms with van der Waals surface area (Å²) in [6.07, 6.45) is -1.75. The molecule has 0 spiro atoms. The van der Waals surface area contributed by atoms with E-state index in [0.717, 1.165) is 0 Å². The van der Waals surface area contributed by atoms with Crippen LogP contribution in [0.3, 0.4) is 0 Å². The summed E-state index contributed by atoms with van der Waals surface area (Å²) in [5, 5.41) is 18.4. The van der Waals surface area contributed by atoms with Crippen molar-refractivity contribution in [2.24, 2.45) is 0 Å². The van der Waals surface area contributed by atoms with Gasteiger partial charge in [-0.3, -0.25) is 0 Å². The van der Waals surface area contributed by atoms with Crippen LogP contribution in [0.1, 0.15) is 31.1 Å². The Balaban J connectivity index is 3.51. The molecule has 0 heterocycles. The van der Waals surface area contributed by atoms with Gasteiger partial charge in [-0.15, -0.1) is 0 Å². The topological polar surface area (TPSA) is 76.0 Å². The van der Waals surface area contributed by atoms with E-state index in [1.165, 1.54) is 40.2 Å². The predicted octanol–water partition coefficient (Wildman–Crippen LogP) is 2.03. The third-order valence-corrected chi connectivity index (χ3v) is 2.69. The summed E-state index contributed by atoms with van der Waals surface area (Å²) in [5.41, 5.74) is -1.62. The van der Waals surface area contributed by atoms with E-state index in [1.54, 1.807) is 0 Å². The highest BCUT2D eigenvalue weighted by Gasteiger charge is 2.29. The molecule has 0 aliphatic heterocycles. The largest absolute Gasteiger partial charge is 0.493 e. The molecule has 0 fully saturated rings. The minimum absolute atomic E-state index is 0.0332. The third kappa shape index (κ3) is 3.14. The molecule has 6 heteroatoms. The zero-order valence-corrected chi connectivity index (χ0v) is 11.2. The summed E-state index contributed by atoms with van der Waals surface area (Å²) in [6, 6.07) is 2.58. The number of methoxy groups -OCH3 is 2. The quantitative estimate of drug-likeness (QED) is 0.857. The SMILES string of the molecule is COc1cc(C(O)C(=O)O)cc(C(C)(C)F)c1OC. The van der Waals surface area contributed by atoms with E-state index in [0.29, 0.717) is 0 Å². The van der Waals surface area contributed by atoms with E-state index >= 15 is 0 Å². The lowest BCUT2D eigenvalue weighted by Crippen LogP contribution is -2.16. The van der Waals surface area contributed by atoms with Gasteiger partial charge in [-0.25, -0.2) is 9.18 Å². The average Bonchev–Trinajstić information content (AvgIpc) is 2.34. The fourth-order valence-corrected chi connectivity index (χ4v) is 1.73. The Kier molecular flexibility index (Phi) is 4.36. The van der Waals surface area contributed by atoms with Gasteiger partial charge in [0.2, 0.25) is 0 Å². The van der Waals surface area contributed by atoms with Crippen LogP contribution in [-0.4, -0.2) is 30.4 Å². The molecule has 0 amide bonds. The Labute approximate surface area is 110 Å². The predicted molar refractivity (Wildman–Crippen MR) is 66.3 cm³/mol. The first-order valence-electron chi connectivity index (χ1n) is 5.58. The van der Waals surface area contributed by atoms with Crippen molar-refractivity contribution in [2.45, 2.75) is 25.6 Å². The van der Waals surface area contributed by atoms with Crippen molar-refractivity contribution in [3.05, 3.63) is 23.3 Å². The van der Waals surface area contributed by atoms with Crippen LogP contribution in [0.5, 0.6) is 11.5 Å². The highest BCUT2D eigenvalue weighted by atomic mass is 19.1. The van der Waals surface area contributed by atoms with Gasteiger partial charge >= 0.3 is 5.97 Å². The molecule has 0 saturated heterocycles. The molecule has 0 saturated carbocycles. The van der Waals surface area contributed by atoms with Crippen molar-refractivity contribution in [1.82, 2.24) is 0 Å². The fraction of sp³-hybridized carbons (Fsp3) is 0.462. The van der Waals surface area contributed by atoms with Crippen LogP contribution < -0.4 is 9.47 Å². The first-order valence-corrected chi connectivity index (χ1v) is 5.58. The highest BCUT2D eigenvalue weighted by Crippen LogP contribution is 2.41. The smallest absolute Gasteiger partial charge is 0.337 e. The third-order valence-electron chi connectivity index (χ3n) is 2.69. The lowest BCUT2D eigenvalue weighted by atomic mass is 9.94. The number of ether oxygens (including phenoxy) is 2. The Morgan fingerprint density at radius 3 is 2.26 bits per heavy atom. The molecule has 0 aliphatic rings. The van der Waals surface area contributed by atoms with Crippen LogP contribution in [0, 0.1) is 0 Å². The summed E-state index contributed by atoms with van der Waals surface area (Å²) >= 11 is 0. The van der Waals surface area contributed by atoms with E-state index in [-0.39, 0.29) is 22.6 Å². The Morgan fingerprint density at radius 1 is 1.32 bits per heavy atom. The van der Waals surface area contributed by atoms with Gasteiger partial charge < -0.3 is 19.7 Å². The maximum Gasteiger partial charge on any atom is 0.337 e. The second-order valence-electron chi connectivity index (χ2n) is 4.52. The summed E-state index contributed by atoms with van der Waals surface area (Å²) < 4.78 is 24.3. The molecule has 0 aliphatic carbocycles. The monoisotopic (exact) mass is 272 g/mol. The molecule has 1 rings (SSSR count). The van der Waals surface area contributed by atoms with Crippen LogP contribution >= 0.6 is 0 Å². The Bertz CT molecular complexity index is 479. The minimum Gasteiger partial charge on any atom is -0.493 e. The molecular formula is C13H17FO5. The maximum absolute atomic E-state index is 14.2. The number of aliphatic carboxylic acids is 1. The number of carboxylic acids is 1. The number of aliphatic hydroxyl groups excluding tert-OH is 1. The molecule has 19 heavy (non-hydrogen) atoms. The molecule has 2 N–H and O–H groups in total. The van der Waals surface area contributed by atoms with Gasteiger partial charge in [0.25, 0.3) is 0 Å². The van der Waals surface area contributed by atoms with Gasteiger partial charge in [0.15, 0.2) is 17.6 Å². The molecular weight excluding hydrogens is 255 g/mol. The lowest BCUT2D eigenvalue weighted by molar-refractivity contribution is -0.146. The van der Waals surface area contributed by atoms with Crippen LogP contribution in [-0.2, 0) is 10.5 Å². The Hall–Kier alpha value is -1.82. The van der Waals surface area contributed by atoms with E-state index in [9.17, 15) is 14.3 Å². The van der Waals surface area contributed by atoms with Crippen molar-refractivity contribution < 1.29 is 28.9 Å². The summed E-state index contributed by atoms with van der Waals surface area (Å²) in [5.74, 6) is -1.08. The molecule has 1 aromatic rings. The summed E-state index contributed by atoms with van der Waals surface area (Å²) in [4.78, 5) is 10.8. The molecule has 1 unspecified atom stereocenters. The lowest BCUT2D eigenvalue weighted by Gasteiger charge is -2.22. The average molecular weight is 272 g/mol. The van der Waals surface area contributed by atoms with E-state index in [1.807, 2.05) is 0 Å². The second kappa shape index (κ2) is 5.44. The number of hydrogen-bond donors (Lipinski definition) is 2. The number of alkyl halides is 1. The molecule has 1 atom stereocenters. The van der Waals surface area contributed by atoms with E-state index in [4.69, 9.17) is 14.6 Å². The van der Waals surface area contributed by atoms with Gasteiger partial charge in [-0.2, -0.15) is 0 Å². The van der Waals surface area contributed by atoms with Crippen molar-refractivity contribution in [3.63, 3.8) is 0 Å². The summed E-state index contributed by atoms with van der Waals surface area (Å²) in [6.45, 7) is 2.61. The highest BCUT2D eigenvalue weighted by molar-refractivity contribution is 5.74. The van der Waals surface area contributed by atoms with E-state index < -0.39 is 17.7 Å². The van der Waals surface area contributed by atoms with E-state index in [2.05, 4.69) is 0 Å². The molecule has 0 bridgehead atoms. The van der Waals surface area contributed by atoms with Crippen LogP contribution in [0.4, 0.5) is 4.39 Å². The normalized spacial score (nSPS) is 12.9. The number of carboxylic acid groups (broad SMARTS) is 1. The van der Waals surface area contributed by atoms with Gasteiger partial charge in [0.1, 0.15) is 5.67 Å². The van der Waals surface area contributed by atoms with Gasteiger partial charge in [0, 0.05) is 5.56 Å². The number of aliphatic hydroxyl groups is 1. The van der Waals surface area contributed by atoms with Crippen LogP contribution in [0.15, 0.2) is 12.1 Å². The van der Waals surface area contributed by atoms with Gasteiger partial charge in [-0.1, -0.05) is 0 Å². The molecule has 5 nitrogen and oxygen atoms in total. The van der Waals surface area contributed by atoms with Crippen molar-refractivity contribution in [3.8, 4) is 11.5 Å². The number of benzene rings is 1. The first kappa shape index (κ1) is 15.2. The molecule has 0 aromatic heterocycles. The maximum atomic E-state index is 14.2. The number of halogens is 1. The van der Waals surface area contributed by atoms with Crippen LogP contribution in [0.25, 0.3) is 0 Å². The molecule has 1 aromatic carbocycles. The first-order chi connectivity index (χ1) is 8.72. The molecule has 0 radical (unpaired) electrons. The van der Waals surface area contributed by atoms with Crippen molar-refractivity contribution in [2.75, 3.05) is 14.2 Å². The minimum atomic E-state index is -1.77. The van der Waals surface area contributed by atoms with Gasteiger partial charge in [0.05, 0.1) is 14.2 Å². The van der Waals surface area contributed by atoms with Crippen LogP contribution in [0.2, 0.25) is 0 Å². The Morgan fingerprint density at radius 2 is 1.89 bits per heavy atom. The fourth-order valence-electron chi connectivity index (χ4n) is 1.73. The number of hydrogen-bond acceptors (Lipinski definition) is 4. The second-order valence-corrected chi connectivity index (χ2v) is 4.52. The van der Waals surface area contributed by atoms with Crippen molar-refractivity contribution >= 4 is 5.97 Å². The number of rotatable bonds is 5. The molecule has 106 valence electrons. The van der Waals surface area contributed by atoms with Gasteiger partial charge in [-0.05, 0) is 31.5 Å². The summed E-state index contributed by atoms with van der Waals surface area (Å²) in [7, 11) is 2.71. The van der Waals surface area contributed by atoms with Crippen molar-refractivity contribution in [1.29, 1.82) is 0 Å². The number of carbonyl (C=O) groups is 1.